The van der Waals surface area contributed by atoms with Crippen LogP contribution in [0.4, 0.5) is 4.79 Å². The quantitative estimate of drug-likeness (QED) is 0.658. The van der Waals surface area contributed by atoms with E-state index in [2.05, 4.69) is 5.32 Å². The Labute approximate surface area is 115 Å². The third-order valence-electron chi connectivity index (χ3n) is 3.75. The molecule has 2 aliphatic rings. The van der Waals surface area contributed by atoms with Gasteiger partial charge in [0.25, 0.3) is 5.91 Å². The smallest absolute Gasteiger partial charge is 0.326 e. The van der Waals surface area contributed by atoms with Crippen molar-refractivity contribution in [2.75, 3.05) is 13.6 Å². The van der Waals surface area contributed by atoms with Crippen molar-refractivity contribution in [3.8, 4) is 0 Å². The van der Waals surface area contributed by atoms with Gasteiger partial charge in [0.05, 0.1) is 0 Å². The number of amides is 4. The molecule has 0 radical (unpaired) electrons. The molecule has 1 unspecified atom stereocenters. The number of rotatable bonds is 2. The van der Waals surface area contributed by atoms with Gasteiger partial charge in [0.1, 0.15) is 12.1 Å². The lowest BCUT2D eigenvalue weighted by Crippen LogP contribution is -2.56. The summed E-state index contributed by atoms with van der Waals surface area (Å²) < 4.78 is 0. The van der Waals surface area contributed by atoms with Crippen LogP contribution in [0.5, 0.6) is 0 Å². The van der Waals surface area contributed by atoms with Crippen LogP contribution in [0.1, 0.15) is 25.7 Å². The van der Waals surface area contributed by atoms with E-state index >= 15 is 0 Å². The predicted molar refractivity (Wildman–Crippen MR) is 66.7 cm³/mol. The fraction of sp³-hybridized carbons (Fsp3) is 0.667. The zero-order valence-corrected chi connectivity index (χ0v) is 11.2. The first-order chi connectivity index (χ1) is 9.41. The van der Waals surface area contributed by atoms with E-state index in [1.807, 2.05) is 0 Å². The lowest BCUT2D eigenvalue weighted by Gasteiger charge is -2.30. The molecule has 8 heteroatoms. The van der Waals surface area contributed by atoms with Gasteiger partial charge in [-0.15, -0.1) is 0 Å². The molecule has 2 N–H and O–H groups in total. The van der Waals surface area contributed by atoms with Gasteiger partial charge in [0.2, 0.25) is 5.91 Å². The molecule has 2 saturated heterocycles. The molecule has 110 valence electrons. The molecule has 0 bridgehead atoms. The summed E-state index contributed by atoms with van der Waals surface area (Å²) in [6.45, 7) is 0.360. The van der Waals surface area contributed by atoms with E-state index in [-0.39, 0.29) is 18.7 Å². The van der Waals surface area contributed by atoms with Gasteiger partial charge in [-0.25, -0.2) is 9.59 Å². The van der Waals surface area contributed by atoms with Crippen molar-refractivity contribution in [2.24, 2.45) is 0 Å². The average Bonchev–Trinajstić information content (AvgIpc) is 2.89. The molecule has 0 aromatic heterocycles. The fourth-order valence-electron chi connectivity index (χ4n) is 2.55. The normalized spacial score (nSPS) is 26.9. The van der Waals surface area contributed by atoms with Crippen LogP contribution in [0, 0.1) is 0 Å². The molecule has 0 saturated carbocycles. The minimum absolute atomic E-state index is 0.190. The van der Waals surface area contributed by atoms with Gasteiger partial charge in [-0.3, -0.25) is 14.5 Å². The molecule has 20 heavy (non-hydrogen) atoms. The van der Waals surface area contributed by atoms with Crippen LogP contribution in [-0.4, -0.2) is 64.4 Å². The number of likely N-dealkylation sites (N-methyl/N-ethyl adjacent to an activating group) is 1. The fourth-order valence-corrected chi connectivity index (χ4v) is 2.55. The highest BCUT2D eigenvalue weighted by Gasteiger charge is 2.38. The van der Waals surface area contributed by atoms with Crippen LogP contribution in [0.15, 0.2) is 0 Å². The molecule has 2 heterocycles. The predicted octanol–water partition coefficient (Wildman–Crippen LogP) is -0.608. The molecule has 2 fully saturated rings. The molecule has 0 aromatic rings. The van der Waals surface area contributed by atoms with Crippen molar-refractivity contribution >= 4 is 23.8 Å². The number of carbonyl (C=O) groups excluding carboxylic acids is 3. The van der Waals surface area contributed by atoms with Gasteiger partial charge in [0.15, 0.2) is 0 Å². The van der Waals surface area contributed by atoms with Crippen molar-refractivity contribution in [3.63, 3.8) is 0 Å². The summed E-state index contributed by atoms with van der Waals surface area (Å²) in [6.07, 6.45) is 1.48. The van der Waals surface area contributed by atoms with Crippen molar-refractivity contribution in [3.05, 3.63) is 0 Å². The molecule has 8 nitrogen and oxygen atoms in total. The Morgan fingerprint density at radius 1 is 1.30 bits per heavy atom. The summed E-state index contributed by atoms with van der Waals surface area (Å²) in [5.41, 5.74) is 0. The van der Waals surface area contributed by atoms with Gasteiger partial charge in [-0.05, 0) is 19.3 Å². The molecule has 2 aliphatic heterocycles. The second kappa shape index (κ2) is 5.48. The van der Waals surface area contributed by atoms with Crippen molar-refractivity contribution < 1.29 is 24.3 Å². The number of aliphatic carboxylic acids is 1. The second-order valence-corrected chi connectivity index (χ2v) is 5.02. The Bertz CT molecular complexity index is 464. The zero-order chi connectivity index (χ0) is 14.9. The Balaban J connectivity index is 1.99. The minimum Gasteiger partial charge on any atom is -0.480 e. The van der Waals surface area contributed by atoms with Crippen molar-refractivity contribution in [1.82, 2.24) is 15.1 Å². The first kappa shape index (κ1) is 14.3. The summed E-state index contributed by atoms with van der Waals surface area (Å²) in [6, 6.07) is -2.16. The number of hydrogen-bond acceptors (Lipinski definition) is 4. The summed E-state index contributed by atoms with van der Waals surface area (Å²) in [7, 11) is 1.37. The SMILES string of the molecule is CN1C(=O)CCC(NC(=O)N2CCC[C@H]2C(=O)O)C1=O. The Morgan fingerprint density at radius 3 is 2.65 bits per heavy atom. The van der Waals surface area contributed by atoms with Crippen LogP contribution >= 0.6 is 0 Å². The minimum atomic E-state index is -1.04. The van der Waals surface area contributed by atoms with Crippen LogP contribution < -0.4 is 5.32 Å². The number of carbonyl (C=O) groups is 4. The number of hydrogen-bond donors (Lipinski definition) is 2. The molecular weight excluding hydrogens is 266 g/mol. The topological polar surface area (TPSA) is 107 Å². The van der Waals surface area contributed by atoms with E-state index in [0.717, 1.165) is 4.90 Å². The molecular formula is C12H17N3O5. The van der Waals surface area contributed by atoms with Gasteiger partial charge >= 0.3 is 12.0 Å². The van der Waals surface area contributed by atoms with Gasteiger partial charge < -0.3 is 15.3 Å². The van der Waals surface area contributed by atoms with Gasteiger partial charge in [-0.2, -0.15) is 0 Å². The highest BCUT2D eigenvalue weighted by atomic mass is 16.4. The van der Waals surface area contributed by atoms with Crippen LogP contribution in [0.3, 0.4) is 0 Å². The van der Waals surface area contributed by atoms with E-state index in [1.165, 1.54) is 11.9 Å². The van der Waals surface area contributed by atoms with E-state index in [9.17, 15) is 19.2 Å². The maximum absolute atomic E-state index is 12.1. The monoisotopic (exact) mass is 283 g/mol. The van der Waals surface area contributed by atoms with Crippen LogP contribution in [-0.2, 0) is 14.4 Å². The maximum Gasteiger partial charge on any atom is 0.326 e. The summed E-state index contributed by atoms with van der Waals surface area (Å²) in [4.78, 5) is 48.5. The first-order valence-corrected chi connectivity index (χ1v) is 6.52. The van der Waals surface area contributed by atoms with Crippen molar-refractivity contribution in [2.45, 2.75) is 37.8 Å². The number of imide groups is 1. The summed E-state index contributed by atoms with van der Waals surface area (Å²) in [5, 5.41) is 11.6. The third kappa shape index (κ3) is 2.59. The highest BCUT2D eigenvalue weighted by Crippen LogP contribution is 2.18. The first-order valence-electron chi connectivity index (χ1n) is 6.52. The summed E-state index contributed by atoms with van der Waals surface area (Å²) >= 11 is 0. The van der Waals surface area contributed by atoms with E-state index < -0.39 is 30.0 Å². The number of urea groups is 1. The van der Waals surface area contributed by atoms with Crippen LogP contribution in [0.25, 0.3) is 0 Å². The third-order valence-corrected chi connectivity index (χ3v) is 3.75. The number of carboxylic acids is 1. The number of nitrogens with one attached hydrogen (secondary N) is 1. The van der Waals surface area contributed by atoms with Gasteiger partial charge in [0, 0.05) is 20.0 Å². The van der Waals surface area contributed by atoms with Crippen molar-refractivity contribution in [1.29, 1.82) is 0 Å². The molecule has 0 spiro atoms. The highest BCUT2D eigenvalue weighted by molar-refractivity contribution is 6.01. The number of nitrogens with zero attached hydrogens (tertiary/aromatic N) is 2. The lowest BCUT2D eigenvalue weighted by atomic mass is 10.1. The Kier molecular flexibility index (Phi) is 3.91. The molecule has 2 atom stereocenters. The molecule has 0 aromatic carbocycles. The lowest BCUT2D eigenvalue weighted by molar-refractivity contribution is -0.147. The summed E-state index contributed by atoms with van der Waals surface area (Å²) in [5.74, 6) is -1.77. The largest absolute Gasteiger partial charge is 0.480 e. The number of carboxylic acid groups (broad SMARTS) is 1. The average molecular weight is 283 g/mol. The molecule has 4 amide bonds. The Hall–Kier alpha value is -2.12. The standard InChI is InChI=1S/C12H17N3O5/c1-14-9(16)5-4-7(10(14)17)13-12(20)15-6-2-3-8(15)11(18)19/h7-8H,2-6H2,1H3,(H,13,20)(H,18,19)/t7?,8-/m0/s1. The Morgan fingerprint density at radius 2 is 2.00 bits per heavy atom. The van der Waals surface area contributed by atoms with Crippen LogP contribution in [0.2, 0.25) is 0 Å². The number of likely N-dealkylation sites (tertiary alicyclic amines) is 2. The van der Waals surface area contributed by atoms with E-state index in [0.29, 0.717) is 19.4 Å². The zero-order valence-electron chi connectivity index (χ0n) is 11.2. The molecule has 0 aliphatic carbocycles. The molecule has 2 rings (SSSR count). The van der Waals surface area contributed by atoms with Gasteiger partial charge in [-0.1, -0.05) is 0 Å². The van der Waals surface area contributed by atoms with E-state index in [4.69, 9.17) is 5.11 Å². The van der Waals surface area contributed by atoms with E-state index in [1.54, 1.807) is 0 Å². The maximum atomic E-state index is 12.1. The number of piperidine rings is 1. The second-order valence-electron chi connectivity index (χ2n) is 5.02.